The summed E-state index contributed by atoms with van der Waals surface area (Å²) in [5, 5.41) is 10.6. The van der Waals surface area contributed by atoms with Crippen LogP contribution in [0.15, 0.2) is 170 Å². The number of unbranched alkanes of at least 4 members (excludes halogenated alkanes) is 18. The zero-order valence-corrected chi connectivity index (χ0v) is 66.2. The standard InChI is InChI=1S/C85H138O17P2/c1-5-9-13-17-21-25-29-33-35-37-39-41-43-47-49-53-57-61-65-69-82(87)95-75-80(101-84(89)71-67-63-59-55-51-45-31-27-23-19-15-11-7-3)77-99-103(91,92)97-73-79(86)74-98-104(93,94)100-78-81(102-85(90)72-68-64-60-56-52-46-32-28-24-20-16-12-8-4)76-96-83(88)70-66-62-58-54-50-48-44-42-40-38-36-34-30-26-22-18-14-10-6-2/h9-10,13-15,19,21-22,25-27,31,33-36,39-42,47-50,57-58,61-62,79-81,86H,5-8,11-12,16-18,20,23-24,28-30,32,37-38,43-46,51-56,59-60,63-78H2,1-4H3,(H,91,92)(H,93,94)/b13-9-,14-10-,19-15-,25-21-,26-22-,31-27-,35-33-,36-34-,41-39-,42-40-,49-47-,50-48-,61-57-,62-58-. The number of esters is 4. The lowest BCUT2D eigenvalue weighted by Crippen LogP contribution is -2.30. The van der Waals surface area contributed by atoms with E-state index in [9.17, 15) is 43.2 Å². The van der Waals surface area contributed by atoms with Crippen molar-refractivity contribution >= 4 is 39.5 Å². The number of allylic oxidation sites excluding steroid dienone is 28. The highest BCUT2D eigenvalue weighted by atomic mass is 31.2. The van der Waals surface area contributed by atoms with Crippen LogP contribution >= 0.6 is 15.6 Å². The maximum absolute atomic E-state index is 13.1. The minimum absolute atomic E-state index is 0.0265. The van der Waals surface area contributed by atoms with Gasteiger partial charge in [-0.3, -0.25) is 37.3 Å². The van der Waals surface area contributed by atoms with E-state index in [2.05, 4.69) is 161 Å². The molecule has 0 saturated heterocycles. The molecule has 0 aliphatic heterocycles. The number of hydrogen-bond donors (Lipinski definition) is 3. The van der Waals surface area contributed by atoms with Gasteiger partial charge >= 0.3 is 39.5 Å². The Kier molecular flexibility index (Phi) is 71.6. The highest BCUT2D eigenvalue weighted by Gasteiger charge is 2.30. The zero-order chi connectivity index (χ0) is 76.0. The van der Waals surface area contributed by atoms with Crippen molar-refractivity contribution in [1.82, 2.24) is 0 Å². The van der Waals surface area contributed by atoms with E-state index in [1.807, 2.05) is 36.5 Å². The van der Waals surface area contributed by atoms with Crippen LogP contribution in [0.5, 0.6) is 0 Å². The average Bonchev–Trinajstić information content (AvgIpc) is 0.913. The van der Waals surface area contributed by atoms with Crippen molar-refractivity contribution < 1.29 is 80.2 Å². The molecule has 0 bridgehead atoms. The van der Waals surface area contributed by atoms with Crippen LogP contribution < -0.4 is 0 Å². The summed E-state index contributed by atoms with van der Waals surface area (Å²) in [5.41, 5.74) is 0. The molecular formula is C85H138O17P2. The Balaban J connectivity index is 5.47. The first kappa shape index (κ1) is 98.4. The van der Waals surface area contributed by atoms with E-state index < -0.39 is 97.5 Å². The molecule has 104 heavy (non-hydrogen) atoms. The van der Waals surface area contributed by atoms with Gasteiger partial charge in [0, 0.05) is 25.7 Å². The third-order valence-corrected chi connectivity index (χ3v) is 17.6. The number of rotatable bonds is 72. The predicted molar refractivity (Wildman–Crippen MR) is 426 cm³/mol. The highest BCUT2D eigenvalue weighted by molar-refractivity contribution is 7.47. The quantitative estimate of drug-likeness (QED) is 0.0169. The van der Waals surface area contributed by atoms with E-state index in [1.54, 1.807) is 0 Å². The maximum atomic E-state index is 13.1. The van der Waals surface area contributed by atoms with Crippen LogP contribution in [0.4, 0.5) is 0 Å². The minimum Gasteiger partial charge on any atom is -0.462 e. The Hall–Kier alpha value is -5.58. The molecule has 0 radical (unpaired) electrons. The van der Waals surface area contributed by atoms with Gasteiger partial charge in [0.1, 0.15) is 19.3 Å². The number of carbonyl (C=O) groups is 4. The summed E-state index contributed by atoms with van der Waals surface area (Å²) in [7, 11) is -10.0. The van der Waals surface area contributed by atoms with Gasteiger partial charge < -0.3 is 33.8 Å². The van der Waals surface area contributed by atoms with Crippen LogP contribution in [-0.4, -0.2) is 96.7 Å². The molecule has 0 saturated carbocycles. The van der Waals surface area contributed by atoms with Crippen LogP contribution in [0.1, 0.15) is 285 Å². The molecule has 0 amide bonds. The summed E-state index contributed by atoms with van der Waals surface area (Å²) in [6.45, 7) is 4.38. The van der Waals surface area contributed by atoms with Gasteiger partial charge in [0.05, 0.1) is 26.4 Å². The van der Waals surface area contributed by atoms with Crippen molar-refractivity contribution in [2.45, 2.75) is 303 Å². The predicted octanol–water partition coefficient (Wildman–Crippen LogP) is 23.0. The Morgan fingerprint density at radius 2 is 0.538 bits per heavy atom. The van der Waals surface area contributed by atoms with E-state index in [1.165, 1.54) is 51.4 Å². The molecule has 0 spiro atoms. The van der Waals surface area contributed by atoms with Gasteiger partial charge in [0.2, 0.25) is 0 Å². The first-order chi connectivity index (χ1) is 50.7. The molecule has 0 aromatic carbocycles. The van der Waals surface area contributed by atoms with Crippen molar-refractivity contribution in [2.75, 3.05) is 39.6 Å². The van der Waals surface area contributed by atoms with Crippen molar-refractivity contribution in [2.24, 2.45) is 0 Å². The van der Waals surface area contributed by atoms with Gasteiger partial charge in [0.25, 0.3) is 0 Å². The molecule has 19 heteroatoms. The molecule has 5 unspecified atom stereocenters. The third kappa shape index (κ3) is 74.7. The molecule has 0 aliphatic carbocycles. The van der Waals surface area contributed by atoms with E-state index in [4.69, 9.17) is 37.0 Å². The number of aliphatic hydroxyl groups is 1. The van der Waals surface area contributed by atoms with E-state index in [0.717, 1.165) is 141 Å². The van der Waals surface area contributed by atoms with Gasteiger partial charge in [0.15, 0.2) is 12.2 Å². The molecule has 3 N–H and O–H groups in total. The Bertz CT molecular complexity index is 2640. The Morgan fingerprint density at radius 3 is 0.846 bits per heavy atom. The van der Waals surface area contributed by atoms with Crippen LogP contribution in [0.25, 0.3) is 0 Å². The van der Waals surface area contributed by atoms with Crippen LogP contribution in [-0.2, 0) is 65.4 Å². The zero-order valence-electron chi connectivity index (χ0n) is 64.4. The topological polar surface area (TPSA) is 237 Å². The fourth-order valence-electron chi connectivity index (χ4n) is 9.78. The lowest BCUT2D eigenvalue weighted by atomic mass is 10.0. The summed E-state index contributed by atoms with van der Waals surface area (Å²) >= 11 is 0. The van der Waals surface area contributed by atoms with Crippen LogP contribution in [0, 0.1) is 0 Å². The highest BCUT2D eigenvalue weighted by Crippen LogP contribution is 2.45. The number of phosphoric ester groups is 2. The second kappa shape index (κ2) is 75.6. The first-order valence-corrected chi connectivity index (χ1v) is 42.4. The largest absolute Gasteiger partial charge is 0.472 e. The van der Waals surface area contributed by atoms with Gasteiger partial charge in [-0.2, -0.15) is 0 Å². The minimum atomic E-state index is -5.01. The molecule has 0 aromatic rings. The van der Waals surface area contributed by atoms with Gasteiger partial charge in [-0.15, -0.1) is 0 Å². The molecule has 590 valence electrons. The number of hydrogen-bond acceptors (Lipinski definition) is 15. The molecule has 17 nitrogen and oxygen atoms in total. The lowest BCUT2D eigenvalue weighted by Gasteiger charge is -2.21. The lowest BCUT2D eigenvalue weighted by molar-refractivity contribution is -0.161. The number of aliphatic hydroxyl groups excluding tert-OH is 1. The van der Waals surface area contributed by atoms with Gasteiger partial charge in [-0.25, -0.2) is 9.13 Å². The number of phosphoric acid groups is 2. The van der Waals surface area contributed by atoms with Gasteiger partial charge in [-0.1, -0.05) is 301 Å². The Morgan fingerprint density at radius 1 is 0.279 bits per heavy atom. The monoisotopic (exact) mass is 1490 g/mol. The second-order valence-corrected chi connectivity index (χ2v) is 28.4. The van der Waals surface area contributed by atoms with E-state index in [-0.39, 0.29) is 25.7 Å². The summed E-state index contributed by atoms with van der Waals surface area (Å²) in [6, 6.07) is 0. The fraction of sp³-hybridized carbons (Fsp3) is 0.624. The fourth-order valence-corrected chi connectivity index (χ4v) is 11.4. The molecule has 0 heterocycles. The van der Waals surface area contributed by atoms with Crippen molar-refractivity contribution in [3.63, 3.8) is 0 Å². The summed E-state index contributed by atoms with van der Waals surface area (Å²) in [5.74, 6) is -2.40. The number of carbonyl (C=O) groups excluding carboxylic acids is 4. The average molecular weight is 1490 g/mol. The molecular weight excluding hydrogens is 1350 g/mol. The molecule has 5 atom stereocenters. The SMILES string of the molecule is CC/C=C\C/C=C\C/C=C\C/C=C\C/C=C\C/C=C\CCC(=O)OCC(COP(=O)(O)OCC(O)COP(=O)(O)OCC(COC(=O)CC/C=C\C/C=C\C/C=C\C/C=C\C/C=C\C/C=C\CC)OC(=O)CCCCCCCCCCCCCCC)OC(=O)CCCCCCC/C=C\C/C=C\CCC. The summed E-state index contributed by atoms with van der Waals surface area (Å²) in [4.78, 5) is 72.9. The first-order valence-electron chi connectivity index (χ1n) is 39.4. The van der Waals surface area contributed by atoms with E-state index >= 15 is 0 Å². The second-order valence-electron chi connectivity index (χ2n) is 25.5. The molecule has 0 aromatic heterocycles. The summed E-state index contributed by atoms with van der Waals surface area (Å²) in [6.07, 6.45) is 89.4. The summed E-state index contributed by atoms with van der Waals surface area (Å²) < 4.78 is 68.4. The van der Waals surface area contributed by atoms with Crippen LogP contribution in [0.2, 0.25) is 0 Å². The molecule has 0 aliphatic rings. The van der Waals surface area contributed by atoms with Crippen molar-refractivity contribution in [3.8, 4) is 0 Å². The molecule has 0 fully saturated rings. The van der Waals surface area contributed by atoms with Crippen molar-refractivity contribution in [3.05, 3.63) is 170 Å². The smallest absolute Gasteiger partial charge is 0.462 e. The molecule has 0 rings (SSSR count). The van der Waals surface area contributed by atoms with Gasteiger partial charge in [-0.05, 0) is 128 Å². The van der Waals surface area contributed by atoms with Crippen LogP contribution in [0.3, 0.4) is 0 Å². The maximum Gasteiger partial charge on any atom is 0.472 e. The van der Waals surface area contributed by atoms with Crippen molar-refractivity contribution in [1.29, 1.82) is 0 Å². The van der Waals surface area contributed by atoms with E-state index in [0.29, 0.717) is 38.5 Å². The third-order valence-electron chi connectivity index (χ3n) is 15.7. The number of ether oxygens (including phenoxy) is 4. The normalized spacial score (nSPS) is 14.8. The Labute approximate surface area is 629 Å².